The van der Waals surface area contributed by atoms with Gasteiger partial charge in [-0.05, 0) is 31.5 Å². The topological polar surface area (TPSA) is 98.2 Å². The van der Waals surface area contributed by atoms with Gasteiger partial charge in [-0.3, -0.25) is 9.59 Å². The SMILES string of the molecule is CC(CN)C(=O)Nc1ccc(C(C)(C)C(N)=O)cc1. The third-order valence-corrected chi connectivity index (χ3v) is 3.29. The van der Waals surface area contributed by atoms with E-state index >= 15 is 0 Å². The van der Waals surface area contributed by atoms with Crippen LogP contribution in [0, 0.1) is 5.92 Å². The maximum absolute atomic E-state index is 11.7. The minimum Gasteiger partial charge on any atom is -0.369 e. The molecule has 1 aromatic rings. The molecule has 0 aliphatic heterocycles. The molecule has 0 spiro atoms. The van der Waals surface area contributed by atoms with E-state index in [9.17, 15) is 9.59 Å². The summed E-state index contributed by atoms with van der Waals surface area (Å²) in [6.07, 6.45) is 0. The van der Waals surface area contributed by atoms with Gasteiger partial charge in [-0.25, -0.2) is 0 Å². The van der Waals surface area contributed by atoms with Crippen LogP contribution in [0.5, 0.6) is 0 Å². The van der Waals surface area contributed by atoms with Crippen molar-refractivity contribution < 1.29 is 9.59 Å². The number of anilines is 1. The lowest BCUT2D eigenvalue weighted by Gasteiger charge is -2.21. The molecule has 0 aliphatic rings. The molecule has 19 heavy (non-hydrogen) atoms. The first-order chi connectivity index (χ1) is 8.78. The van der Waals surface area contributed by atoms with Crippen LogP contribution in [-0.4, -0.2) is 18.4 Å². The molecular formula is C14H21N3O2. The maximum Gasteiger partial charge on any atom is 0.228 e. The number of benzene rings is 1. The first-order valence-electron chi connectivity index (χ1n) is 6.20. The molecule has 1 aromatic carbocycles. The van der Waals surface area contributed by atoms with Crippen LogP contribution in [0.3, 0.4) is 0 Å². The largest absolute Gasteiger partial charge is 0.369 e. The van der Waals surface area contributed by atoms with Gasteiger partial charge in [0, 0.05) is 18.2 Å². The Morgan fingerprint density at radius 2 is 1.79 bits per heavy atom. The number of rotatable bonds is 5. The van der Waals surface area contributed by atoms with Crippen LogP contribution in [0.25, 0.3) is 0 Å². The highest BCUT2D eigenvalue weighted by Gasteiger charge is 2.27. The highest BCUT2D eigenvalue weighted by atomic mass is 16.2. The van der Waals surface area contributed by atoms with E-state index in [1.807, 2.05) is 0 Å². The number of nitrogens with two attached hydrogens (primary N) is 2. The van der Waals surface area contributed by atoms with Gasteiger partial charge in [-0.15, -0.1) is 0 Å². The normalized spacial score (nSPS) is 12.8. The summed E-state index contributed by atoms with van der Waals surface area (Å²) >= 11 is 0. The second-order valence-corrected chi connectivity index (χ2v) is 5.19. The summed E-state index contributed by atoms with van der Waals surface area (Å²) < 4.78 is 0. The van der Waals surface area contributed by atoms with E-state index in [1.54, 1.807) is 45.0 Å². The number of hydrogen-bond donors (Lipinski definition) is 3. The maximum atomic E-state index is 11.7. The Morgan fingerprint density at radius 1 is 1.26 bits per heavy atom. The quantitative estimate of drug-likeness (QED) is 0.738. The summed E-state index contributed by atoms with van der Waals surface area (Å²) in [6, 6.07) is 7.07. The first-order valence-corrected chi connectivity index (χ1v) is 6.20. The fourth-order valence-electron chi connectivity index (χ4n) is 1.48. The molecular weight excluding hydrogens is 242 g/mol. The smallest absolute Gasteiger partial charge is 0.228 e. The molecule has 0 fully saturated rings. The Balaban J connectivity index is 2.83. The molecule has 5 N–H and O–H groups in total. The van der Waals surface area contributed by atoms with E-state index in [4.69, 9.17) is 11.5 Å². The Bertz CT molecular complexity index is 466. The van der Waals surface area contributed by atoms with Gasteiger partial charge in [0.25, 0.3) is 0 Å². The zero-order chi connectivity index (χ0) is 14.6. The highest BCUT2D eigenvalue weighted by Crippen LogP contribution is 2.24. The van der Waals surface area contributed by atoms with Gasteiger partial charge in [0.2, 0.25) is 11.8 Å². The van der Waals surface area contributed by atoms with Crippen molar-refractivity contribution in [3.63, 3.8) is 0 Å². The predicted molar refractivity (Wildman–Crippen MR) is 75.5 cm³/mol. The number of hydrogen-bond acceptors (Lipinski definition) is 3. The molecule has 0 radical (unpaired) electrons. The molecule has 0 saturated carbocycles. The van der Waals surface area contributed by atoms with Crippen LogP contribution in [0.15, 0.2) is 24.3 Å². The Hall–Kier alpha value is -1.88. The molecule has 104 valence electrons. The zero-order valence-corrected chi connectivity index (χ0v) is 11.6. The number of primary amides is 1. The second kappa shape index (κ2) is 5.84. The summed E-state index contributed by atoms with van der Waals surface area (Å²) in [5.74, 6) is -0.743. The molecule has 0 bridgehead atoms. The van der Waals surface area contributed by atoms with Crippen molar-refractivity contribution in [2.75, 3.05) is 11.9 Å². The standard InChI is InChI=1S/C14H21N3O2/c1-9(8-15)12(18)17-11-6-4-10(5-7-11)14(2,3)13(16)19/h4-7,9H,8,15H2,1-3H3,(H2,16,19)(H,17,18). The van der Waals surface area contributed by atoms with Crippen molar-refractivity contribution in [1.82, 2.24) is 0 Å². The molecule has 1 atom stereocenters. The van der Waals surface area contributed by atoms with E-state index in [2.05, 4.69) is 5.32 Å². The van der Waals surface area contributed by atoms with Crippen molar-refractivity contribution in [3.05, 3.63) is 29.8 Å². The Kier molecular flexibility index (Phi) is 4.67. The fraction of sp³-hybridized carbons (Fsp3) is 0.429. The molecule has 1 rings (SSSR count). The van der Waals surface area contributed by atoms with Crippen molar-refractivity contribution >= 4 is 17.5 Å². The number of amides is 2. The van der Waals surface area contributed by atoms with Gasteiger partial charge >= 0.3 is 0 Å². The van der Waals surface area contributed by atoms with Gasteiger partial charge in [-0.1, -0.05) is 19.1 Å². The van der Waals surface area contributed by atoms with Crippen LogP contribution in [-0.2, 0) is 15.0 Å². The van der Waals surface area contributed by atoms with Crippen molar-refractivity contribution in [1.29, 1.82) is 0 Å². The average molecular weight is 263 g/mol. The third kappa shape index (κ3) is 3.54. The van der Waals surface area contributed by atoms with E-state index in [0.29, 0.717) is 12.2 Å². The Labute approximate surface area is 113 Å². The van der Waals surface area contributed by atoms with Crippen LogP contribution in [0.4, 0.5) is 5.69 Å². The summed E-state index contributed by atoms with van der Waals surface area (Å²) in [6.45, 7) is 5.59. The molecule has 1 unspecified atom stereocenters. The molecule has 0 saturated heterocycles. The summed E-state index contributed by atoms with van der Waals surface area (Å²) in [5.41, 5.74) is 11.5. The van der Waals surface area contributed by atoms with E-state index < -0.39 is 5.41 Å². The lowest BCUT2D eigenvalue weighted by molar-refractivity contribution is -0.122. The molecule has 0 aromatic heterocycles. The van der Waals surface area contributed by atoms with Crippen molar-refractivity contribution in [2.45, 2.75) is 26.2 Å². The van der Waals surface area contributed by atoms with Gasteiger partial charge in [0.1, 0.15) is 0 Å². The molecule has 5 heteroatoms. The van der Waals surface area contributed by atoms with Gasteiger partial charge in [-0.2, -0.15) is 0 Å². The van der Waals surface area contributed by atoms with E-state index in [1.165, 1.54) is 0 Å². The van der Waals surface area contributed by atoms with Gasteiger partial charge in [0.05, 0.1) is 5.41 Å². The second-order valence-electron chi connectivity index (χ2n) is 5.19. The number of carbonyl (C=O) groups is 2. The van der Waals surface area contributed by atoms with Crippen molar-refractivity contribution in [2.24, 2.45) is 17.4 Å². The van der Waals surface area contributed by atoms with Crippen LogP contribution < -0.4 is 16.8 Å². The molecule has 2 amide bonds. The summed E-state index contributed by atoms with van der Waals surface area (Å²) in [4.78, 5) is 23.0. The number of carbonyl (C=O) groups excluding carboxylic acids is 2. The molecule has 0 heterocycles. The monoisotopic (exact) mass is 263 g/mol. The van der Waals surface area contributed by atoms with Gasteiger partial charge in [0.15, 0.2) is 0 Å². The lowest BCUT2D eigenvalue weighted by Crippen LogP contribution is -2.35. The van der Waals surface area contributed by atoms with E-state index in [0.717, 1.165) is 5.56 Å². The minimum absolute atomic E-state index is 0.121. The van der Waals surface area contributed by atoms with E-state index in [-0.39, 0.29) is 17.7 Å². The van der Waals surface area contributed by atoms with Crippen LogP contribution >= 0.6 is 0 Å². The molecule has 0 aliphatic carbocycles. The minimum atomic E-state index is -0.729. The highest BCUT2D eigenvalue weighted by molar-refractivity contribution is 5.92. The van der Waals surface area contributed by atoms with Crippen molar-refractivity contribution in [3.8, 4) is 0 Å². The van der Waals surface area contributed by atoms with Gasteiger partial charge < -0.3 is 16.8 Å². The lowest BCUT2D eigenvalue weighted by atomic mass is 9.84. The van der Waals surface area contributed by atoms with Crippen LogP contribution in [0.1, 0.15) is 26.3 Å². The zero-order valence-electron chi connectivity index (χ0n) is 11.6. The third-order valence-electron chi connectivity index (χ3n) is 3.29. The predicted octanol–water partition coefficient (Wildman–Crippen LogP) is 0.983. The number of nitrogens with one attached hydrogen (secondary N) is 1. The fourth-order valence-corrected chi connectivity index (χ4v) is 1.48. The molecule has 5 nitrogen and oxygen atoms in total. The average Bonchev–Trinajstić information content (AvgIpc) is 2.38. The first kappa shape index (κ1) is 15.2. The van der Waals surface area contributed by atoms with Crippen LogP contribution in [0.2, 0.25) is 0 Å². The summed E-state index contributed by atoms with van der Waals surface area (Å²) in [5, 5.41) is 2.77. The summed E-state index contributed by atoms with van der Waals surface area (Å²) in [7, 11) is 0. The Morgan fingerprint density at radius 3 is 2.21 bits per heavy atom.